The van der Waals surface area contributed by atoms with Crippen molar-refractivity contribution in [3.05, 3.63) is 107 Å². The fraction of sp³-hybridized carbons (Fsp3) is 0.200. The zero-order valence-electron chi connectivity index (χ0n) is 20.2. The summed E-state index contributed by atoms with van der Waals surface area (Å²) in [5, 5.41) is 0. The summed E-state index contributed by atoms with van der Waals surface area (Å²) in [4.78, 5) is 24.0. The molecule has 5 heteroatoms. The highest BCUT2D eigenvalue weighted by atomic mass is 16.7. The second-order valence-electron chi connectivity index (χ2n) is 7.79. The van der Waals surface area contributed by atoms with Gasteiger partial charge in [0, 0.05) is 23.6 Å². The fourth-order valence-electron chi connectivity index (χ4n) is 3.16. The topological polar surface area (TPSA) is 61.8 Å². The average molecular weight is 469 g/mol. The van der Waals surface area contributed by atoms with E-state index in [1.165, 1.54) is 5.56 Å². The van der Waals surface area contributed by atoms with Gasteiger partial charge in [0.2, 0.25) is 6.29 Å². The average Bonchev–Trinajstić information content (AvgIpc) is 2.89. The SMILES string of the molecule is C=CC(=O)OC(CC)Oc1ccc(C(=O)Oc2ccc(C#Cc3ccc(CC)cc3)cc2C)cc1. The monoisotopic (exact) mass is 468 g/mol. The van der Waals surface area contributed by atoms with E-state index in [2.05, 4.69) is 37.5 Å². The van der Waals surface area contributed by atoms with Crippen molar-refractivity contribution in [1.82, 2.24) is 0 Å². The number of rotatable bonds is 8. The third-order valence-electron chi connectivity index (χ3n) is 5.20. The van der Waals surface area contributed by atoms with Crippen LogP contribution in [0, 0.1) is 18.8 Å². The van der Waals surface area contributed by atoms with Gasteiger partial charge in [-0.2, -0.15) is 0 Å². The van der Waals surface area contributed by atoms with Crippen molar-refractivity contribution in [2.45, 2.75) is 39.9 Å². The molecular formula is C30H28O5. The molecule has 178 valence electrons. The first kappa shape index (κ1) is 25.3. The normalized spacial score (nSPS) is 10.9. The van der Waals surface area contributed by atoms with Crippen LogP contribution in [0.15, 0.2) is 79.4 Å². The second kappa shape index (κ2) is 12.2. The van der Waals surface area contributed by atoms with Gasteiger partial charge in [-0.15, -0.1) is 0 Å². The zero-order valence-corrected chi connectivity index (χ0v) is 20.2. The summed E-state index contributed by atoms with van der Waals surface area (Å²) >= 11 is 0. The summed E-state index contributed by atoms with van der Waals surface area (Å²) < 4.78 is 16.3. The van der Waals surface area contributed by atoms with Gasteiger partial charge in [0.25, 0.3) is 0 Å². The quantitative estimate of drug-likeness (QED) is 0.133. The van der Waals surface area contributed by atoms with E-state index in [-0.39, 0.29) is 0 Å². The van der Waals surface area contributed by atoms with E-state index in [9.17, 15) is 9.59 Å². The minimum Gasteiger partial charge on any atom is -0.455 e. The van der Waals surface area contributed by atoms with Gasteiger partial charge < -0.3 is 14.2 Å². The number of esters is 2. The highest BCUT2D eigenvalue weighted by molar-refractivity contribution is 5.91. The molecule has 3 aromatic carbocycles. The second-order valence-corrected chi connectivity index (χ2v) is 7.79. The standard InChI is InChI=1S/C30H28O5/c1-5-22-8-10-23(11-9-22)12-13-24-14-19-27(21(4)20-24)34-30(32)25-15-17-26(18-16-25)33-29(7-3)35-28(31)6-2/h6,8-11,14-20,29H,2,5,7H2,1,3-4H3. The molecule has 0 spiro atoms. The van der Waals surface area contributed by atoms with Crippen LogP contribution in [-0.2, 0) is 16.0 Å². The Bertz CT molecular complexity index is 1240. The number of hydrogen-bond donors (Lipinski definition) is 0. The molecule has 1 atom stereocenters. The summed E-state index contributed by atoms with van der Waals surface area (Å²) in [6.07, 6.45) is 1.81. The van der Waals surface area contributed by atoms with Crippen molar-refractivity contribution in [2.75, 3.05) is 0 Å². The molecule has 0 aromatic heterocycles. The first-order chi connectivity index (χ1) is 16.9. The van der Waals surface area contributed by atoms with Crippen LogP contribution in [0.3, 0.4) is 0 Å². The van der Waals surface area contributed by atoms with Crippen molar-refractivity contribution in [1.29, 1.82) is 0 Å². The maximum atomic E-state index is 12.6. The molecule has 3 aromatic rings. The Morgan fingerprint density at radius 3 is 2.20 bits per heavy atom. The summed E-state index contributed by atoms with van der Waals surface area (Å²) in [5.74, 6) is 6.20. The lowest BCUT2D eigenvalue weighted by Gasteiger charge is -2.17. The first-order valence-electron chi connectivity index (χ1n) is 11.4. The summed E-state index contributed by atoms with van der Waals surface area (Å²) in [7, 11) is 0. The molecule has 0 heterocycles. The van der Waals surface area contributed by atoms with Crippen LogP contribution in [0.1, 0.15) is 52.9 Å². The molecule has 5 nitrogen and oxygen atoms in total. The predicted molar refractivity (Wildman–Crippen MR) is 135 cm³/mol. The van der Waals surface area contributed by atoms with Crippen molar-refractivity contribution in [2.24, 2.45) is 0 Å². The van der Waals surface area contributed by atoms with Crippen LogP contribution < -0.4 is 9.47 Å². The van der Waals surface area contributed by atoms with E-state index in [1.54, 1.807) is 30.3 Å². The summed E-state index contributed by atoms with van der Waals surface area (Å²) in [6.45, 7) is 9.19. The van der Waals surface area contributed by atoms with Crippen LogP contribution in [-0.4, -0.2) is 18.2 Å². The summed E-state index contributed by atoms with van der Waals surface area (Å²) in [5.41, 5.74) is 4.24. The molecule has 1 unspecified atom stereocenters. The predicted octanol–water partition coefficient (Wildman–Crippen LogP) is 6.02. The molecule has 35 heavy (non-hydrogen) atoms. The molecule has 0 fully saturated rings. The Labute approximate surface area is 206 Å². The third kappa shape index (κ3) is 7.35. The van der Waals surface area contributed by atoms with Gasteiger partial charge in [-0.3, -0.25) is 0 Å². The number of benzene rings is 3. The molecule has 0 radical (unpaired) electrons. The molecule has 0 aliphatic heterocycles. The molecule has 0 saturated heterocycles. The van der Waals surface area contributed by atoms with E-state index in [1.807, 2.05) is 38.1 Å². The fourth-order valence-corrected chi connectivity index (χ4v) is 3.16. The Morgan fingerprint density at radius 2 is 1.60 bits per heavy atom. The van der Waals surface area contributed by atoms with Crippen molar-refractivity contribution >= 4 is 11.9 Å². The number of carbonyl (C=O) groups is 2. The Kier molecular flexibility index (Phi) is 8.86. The van der Waals surface area contributed by atoms with Gasteiger partial charge in [0.1, 0.15) is 11.5 Å². The molecular weight excluding hydrogens is 440 g/mol. The van der Waals surface area contributed by atoms with Crippen molar-refractivity contribution in [3.8, 4) is 23.3 Å². The molecule has 0 N–H and O–H groups in total. The van der Waals surface area contributed by atoms with E-state index in [0.717, 1.165) is 29.2 Å². The molecule has 3 rings (SSSR count). The van der Waals surface area contributed by atoms with Gasteiger partial charge in [-0.25, -0.2) is 9.59 Å². The highest BCUT2D eigenvalue weighted by Gasteiger charge is 2.14. The van der Waals surface area contributed by atoms with Gasteiger partial charge in [0.05, 0.1) is 5.56 Å². The minimum absolute atomic E-state index is 0.368. The van der Waals surface area contributed by atoms with Gasteiger partial charge in [0.15, 0.2) is 0 Å². The van der Waals surface area contributed by atoms with Gasteiger partial charge in [-0.1, -0.05) is 44.4 Å². The van der Waals surface area contributed by atoms with Gasteiger partial charge in [-0.05, 0) is 79.1 Å². The van der Waals surface area contributed by atoms with Gasteiger partial charge >= 0.3 is 11.9 Å². The lowest BCUT2D eigenvalue weighted by atomic mass is 10.1. The molecule has 0 amide bonds. The third-order valence-corrected chi connectivity index (χ3v) is 5.20. The van der Waals surface area contributed by atoms with E-state index in [4.69, 9.17) is 14.2 Å². The number of aryl methyl sites for hydroxylation is 2. The van der Waals surface area contributed by atoms with Crippen molar-refractivity contribution in [3.63, 3.8) is 0 Å². The molecule has 0 bridgehead atoms. The zero-order chi connectivity index (χ0) is 25.2. The molecule has 0 aliphatic rings. The Morgan fingerprint density at radius 1 is 0.943 bits per heavy atom. The smallest absolute Gasteiger partial charge is 0.343 e. The molecule has 0 saturated carbocycles. The number of hydrogen-bond acceptors (Lipinski definition) is 5. The minimum atomic E-state index is -0.738. The first-order valence-corrected chi connectivity index (χ1v) is 11.4. The maximum absolute atomic E-state index is 12.6. The maximum Gasteiger partial charge on any atom is 0.343 e. The summed E-state index contributed by atoms with van der Waals surface area (Å²) in [6, 6.07) is 20.1. The van der Waals surface area contributed by atoms with Crippen LogP contribution >= 0.6 is 0 Å². The van der Waals surface area contributed by atoms with E-state index < -0.39 is 18.2 Å². The largest absolute Gasteiger partial charge is 0.455 e. The molecule has 0 aliphatic carbocycles. The van der Waals surface area contributed by atoms with Crippen molar-refractivity contribution < 1.29 is 23.8 Å². The van der Waals surface area contributed by atoms with Crippen LogP contribution in [0.4, 0.5) is 0 Å². The number of ether oxygens (including phenoxy) is 3. The Hall–Kier alpha value is -4.30. The number of carbonyl (C=O) groups excluding carboxylic acids is 2. The van der Waals surface area contributed by atoms with Crippen LogP contribution in [0.25, 0.3) is 0 Å². The lowest BCUT2D eigenvalue weighted by molar-refractivity contribution is -0.157. The highest BCUT2D eigenvalue weighted by Crippen LogP contribution is 2.22. The van der Waals surface area contributed by atoms with Crippen LogP contribution in [0.2, 0.25) is 0 Å². The van der Waals surface area contributed by atoms with Crippen LogP contribution in [0.5, 0.6) is 11.5 Å². The lowest BCUT2D eigenvalue weighted by Crippen LogP contribution is -2.22. The van der Waals surface area contributed by atoms with E-state index in [0.29, 0.717) is 23.5 Å². The van der Waals surface area contributed by atoms with E-state index >= 15 is 0 Å². The Balaban J connectivity index is 1.63.